The first-order valence-electron chi connectivity index (χ1n) is 5.55. The average Bonchev–Trinajstić information content (AvgIpc) is 2.28. The van der Waals surface area contributed by atoms with Gasteiger partial charge in [0.2, 0.25) is 0 Å². The van der Waals surface area contributed by atoms with Crippen LogP contribution >= 0.6 is 0 Å². The maximum atomic E-state index is 13.7. The molecule has 1 atom stereocenters. The average molecular weight is 235 g/mol. The van der Waals surface area contributed by atoms with Crippen molar-refractivity contribution >= 4 is 5.69 Å². The van der Waals surface area contributed by atoms with Crippen LogP contribution < -0.4 is 4.90 Å². The molecule has 0 spiro atoms. The fourth-order valence-corrected chi connectivity index (χ4v) is 1.80. The zero-order valence-electron chi connectivity index (χ0n) is 10.1. The first-order valence-corrected chi connectivity index (χ1v) is 5.55. The number of anilines is 1. The molecule has 2 nitrogen and oxygen atoms in total. The zero-order chi connectivity index (χ0) is 12.8. The van der Waals surface area contributed by atoms with Crippen LogP contribution in [-0.4, -0.2) is 18.2 Å². The second kappa shape index (κ2) is 6.21. The number of aliphatic hydroxyl groups excluding tert-OH is 1. The Balaban J connectivity index is 3.21. The van der Waals surface area contributed by atoms with Gasteiger partial charge in [0.15, 0.2) is 0 Å². The Bertz CT molecular complexity index is 391. The molecule has 0 saturated heterocycles. The molecule has 0 aliphatic carbocycles. The standard InChI is InChI=1S/C14H18FNO/c1-4-9-16(10-5-2)13-8-6-7-12(15)14(13)11(3)17/h4-8,11,17H,1-2,9-10H2,3H3/t11-/m1/s1. The molecule has 0 amide bonds. The number of aliphatic hydroxyl groups is 1. The Morgan fingerprint density at radius 1 is 1.35 bits per heavy atom. The van der Waals surface area contributed by atoms with E-state index < -0.39 is 11.9 Å². The van der Waals surface area contributed by atoms with Crippen molar-refractivity contribution in [1.82, 2.24) is 0 Å². The Kier molecular flexibility index (Phi) is 4.91. The summed E-state index contributed by atoms with van der Waals surface area (Å²) in [5.74, 6) is -0.393. The molecule has 0 heterocycles. The van der Waals surface area contributed by atoms with Crippen LogP contribution in [-0.2, 0) is 0 Å². The highest BCUT2D eigenvalue weighted by atomic mass is 19.1. The highest BCUT2D eigenvalue weighted by Gasteiger charge is 2.16. The molecule has 92 valence electrons. The van der Waals surface area contributed by atoms with Crippen molar-refractivity contribution in [2.75, 3.05) is 18.0 Å². The van der Waals surface area contributed by atoms with Gasteiger partial charge in [-0.2, -0.15) is 0 Å². The number of benzene rings is 1. The summed E-state index contributed by atoms with van der Waals surface area (Å²) in [6.07, 6.45) is 2.63. The Morgan fingerprint density at radius 2 is 1.94 bits per heavy atom. The van der Waals surface area contributed by atoms with Gasteiger partial charge in [0, 0.05) is 24.3 Å². The second-order valence-corrected chi connectivity index (χ2v) is 3.83. The summed E-state index contributed by atoms with van der Waals surface area (Å²) >= 11 is 0. The van der Waals surface area contributed by atoms with Crippen molar-refractivity contribution in [3.05, 3.63) is 54.9 Å². The molecule has 0 radical (unpaired) electrons. The third-order valence-corrected chi connectivity index (χ3v) is 2.49. The minimum Gasteiger partial charge on any atom is -0.389 e. The number of halogens is 1. The molecule has 1 N–H and O–H groups in total. The van der Waals surface area contributed by atoms with E-state index in [1.807, 2.05) is 4.90 Å². The molecular weight excluding hydrogens is 217 g/mol. The van der Waals surface area contributed by atoms with E-state index in [0.29, 0.717) is 24.3 Å². The van der Waals surface area contributed by atoms with Gasteiger partial charge in [-0.05, 0) is 19.1 Å². The van der Waals surface area contributed by atoms with Gasteiger partial charge < -0.3 is 10.0 Å². The molecule has 0 aliphatic heterocycles. The molecule has 0 bridgehead atoms. The topological polar surface area (TPSA) is 23.5 Å². The summed E-state index contributed by atoms with van der Waals surface area (Å²) in [6, 6.07) is 4.78. The lowest BCUT2D eigenvalue weighted by molar-refractivity contribution is 0.194. The molecule has 0 aliphatic rings. The monoisotopic (exact) mass is 235 g/mol. The fraction of sp³-hybridized carbons (Fsp3) is 0.286. The van der Waals surface area contributed by atoms with Gasteiger partial charge in [0.1, 0.15) is 5.82 Å². The van der Waals surface area contributed by atoms with Gasteiger partial charge in [-0.25, -0.2) is 4.39 Å². The SMILES string of the molecule is C=CCN(CC=C)c1cccc(F)c1[C@@H](C)O. The van der Waals surface area contributed by atoms with Gasteiger partial charge >= 0.3 is 0 Å². The lowest BCUT2D eigenvalue weighted by Crippen LogP contribution is -2.25. The van der Waals surface area contributed by atoms with Crippen LogP contribution in [0.25, 0.3) is 0 Å². The van der Waals surface area contributed by atoms with Crippen LogP contribution in [0, 0.1) is 5.82 Å². The molecule has 1 rings (SSSR count). The van der Waals surface area contributed by atoms with Crippen LogP contribution in [0.1, 0.15) is 18.6 Å². The van der Waals surface area contributed by atoms with Gasteiger partial charge in [-0.15, -0.1) is 13.2 Å². The highest BCUT2D eigenvalue weighted by Crippen LogP contribution is 2.28. The van der Waals surface area contributed by atoms with Gasteiger partial charge in [-0.1, -0.05) is 18.2 Å². The summed E-state index contributed by atoms with van der Waals surface area (Å²) in [6.45, 7) is 10.1. The summed E-state index contributed by atoms with van der Waals surface area (Å²) in [7, 11) is 0. The van der Waals surface area contributed by atoms with Crippen LogP contribution in [0.4, 0.5) is 10.1 Å². The molecule has 0 unspecified atom stereocenters. The van der Waals surface area contributed by atoms with E-state index in [-0.39, 0.29) is 0 Å². The highest BCUT2D eigenvalue weighted by molar-refractivity contribution is 5.56. The van der Waals surface area contributed by atoms with Crippen molar-refractivity contribution in [3.8, 4) is 0 Å². The van der Waals surface area contributed by atoms with Crippen molar-refractivity contribution in [2.45, 2.75) is 13.0 Å². The van der Waals surface area contributed by atoms with E-state index in [4.69, 9.17) is 0 Å². The van der Waals surface area contributed by atoms with E-state index in [0.717, 1.165) is 0 Å². The molecule has 1 aromatic rings. The van der Waals surface area contributed by atoms with E-state index >= 15 is 0 Å². The molecule has 0 fully saturated rings. The summed E-state index contributed by atoms with van der Waals surface area (Å²) in [5, 5.41) is 9.65. The smallest absolute Gasteiger partial charge is 0.131 e. The molecule has 0 saturated carbocycles. The zero-order valence-corrected chi connectivity index (χ0v) is 10.1. The minimum atomic E-state index is -0.844. The van der Waals surface area contributed by atoms with Crippen LogP contribution in [0.5, 0.6) is 0 Å². The Labute approximate surface area is 102 Å². The van der Waals surface area contributed by atoms with Crippen molar-refractivity contribution in [1.29, 1.82) is 0 Å². The molecule has 17 heavy (non-hydrogen) atoms. The Morgan fingerprint density at radius 3 is 2.41 bits per heavy atom. The summed E-state index contributed by atoms with van der Waals surface area (Å²) in [5.41, 5.74) is 0.996. The fourth-order valence-electron chi connectivity index (χ4n) is 1.80. The quantitative estimate of drug-likeness (QED) is 0.766. The maximum Gasteiger partial charge on any atom is 0.131 e. The van der Waals surface area contributed by atoms with E-state index in [1.54, 1.807) is 31.2 Å². The number of nitrogens with zero attached hydrogens (tertiary/aromatic N) is 1. The summed E-state index contributed by atoms with van der Waals surface area (Å²) in [4.78, 5) is 1.91. The van der Waals surface area contributed by atoms with Crippen molar-refractivity contribution in [2.24, 2.45) is 0 Å². The van der Waals surface area contributed by atoms with Gasteiger partial charge in [-0.3, -0.25) is 0 Å². The first-order chi connectivity index (χ1) is 8.11. The largest absolute Gasteiger partial charge is 0.389 e. The predicted octanol–water partition coefficient (Wildman–Crippen LogP) is 3.06. The number of rotatable bonds is 6. The number of hydrogen-bond acceptors (Lipinski definition) is 2. The lowest BCUT2D eigenvalue weighted by Gasteiger charge is -2.25. The molecule has 0 aromatic heterocycles. The maximum absolute atomic E-state index is 13.7. The molecule has 3 heteroatoms. The molecule has 1 aromatic carbocycles. The van der Waals surface area contributed by atoms with Crippen molar-refractivity contribution < 1.29 is 9.50 Å². The Hall–Kier alpha value is -1.61. The third kappa shape index (κ3) is 3.17. The lowest BCUT2D eigenvalue weighted by atomic mass is 10.1. The van der Waals surface area contributed by atoms with Crippen LogP contribution in [0.3, 0.4) is 0 Å². The number of hydrogen-bond donors (Lipinski definition) is 1. The van der Waals surface area contributed by atoms with E-state index in [2.05, 4.69) is 13.2 Å². The predicted molar refractivity (Wildman–Crippen MR) is 69.6 cm³/mol. The van der Waals surface area contributed by atoms with Gasteiger partial charge in [0.25, 0.3) is 0 Å². The van der Waals surface area contributed by atoms with Crippen LogP contribution in [0.2, 0.25) is 0 Å². The first kappa shape index (κ1) is 13.5. The molecular formula is C14H18FNO. The van der Waals surface area contributed by atoms with E-state index in [1.165, 1.54) is 6.07 Å². The third-order valence-electron chi connectivity index (χ3n) is 2.49. The normalized spacial score (nSPS) is 11.9. The van der Waals surface area contributed by atoms with E-state index in [9.17, 15) is 9.50 Å². The summed E-state index contributed by atoms with van der Waals surface area (Å²) < 4.78 is 13.7. The second-order valence-electron chi connectivity index (χ2n) is 3.83. The van der Waals surface area contributed by atoms with Crippen LogP contribution in [0.15, 0.2) is 43.5 Å². The van der Waals surface area contributed by atoms with Gasteiger partial charge in [0.05, 0.1) is 6.10 Å². The minimum absolute atomic E-state index is 0.316. The van der Waals surface area contributed by atoms with Crippen molar-refractivity contribution in [3.63, 3.8) is 0 Å².